The third-order valence-corrected chi connectivity index (χ3v) is 7.49. The molecule has 1 amide bonds. The lowest BCUT2D eigenvalue weighted by molar-refractivity contribution is -0.123. The van der Waals surface area contributed by atoms with Gasteiger partial charge in [0.05, 0.1) is 0 Å². The van der Waals surface area contributed by atoms with E-state index in [2.05, 4.69) is 10.2 Å². The minimum Gasteiger partial charge on any atom is -0.483 e. The van der Waals surface area contributed by atoms with Gasteiger partial charge in [-0.1, -0.05) is 6.42 Å². The van der Waals surface area contributed by atoms with Gasteiger partial charge in [0, 0.05) is 29.1 Å². The van der Waals surface area contributed by atoms with E-state index in [-0.39, 0.29) is 18.1 Å². The minimum atomic E-state index is -0.234. The molecular weight excluding hydrogens is 392 g/mol. The van der Waals surface area contributed by atoms with Crippen LogP contribution in [0.2, 0.25) is 0 Å². The number of piperidine rings is 2. The van der Waals surface area contributed by atoms with Crippen LogP contribution in [0.15, 0.2) is 21.3 Å². The number of aryl methyl sites for hydroxylation is 2. The molecule has 2 aromatic rings. The lowest BCUT2D eigenvalue weighted by Crippen LogP contribution is -2.51. The highest BCUT2D eigenvalue weighted by Crippen LogP contribution is 2.33. The van der Waals surface area contributed by atoms with Crippen LogP contribution < -0.4 is 15.7 Å². The number of fused-ring (bicyclic) bond motifs is 4. The van der Waals surface area contributed by atoms with Crippen molar-refractivity contribution in [2.24, 2.45) is 5.92 Å². The number of rotatable bonds is 5. The molecule has 0 bridgehead atoms. The normalized spacial score (nSPS) is 23.4. The third kappa shape index (κ3) is 3.98. The van der Waals surface area contributed by atoms with Crippen LogP contribution in [0.4, 0.5) is 0 Å². The number of carbonyl (C=O) groups excluding carboxylic acids is 1. The molecule has 3 aliphatic rings. The van der Waals surface area contributed by atoms with E-state index in [1.807, 2.05) is 19.1 Å². The molecule has 1 aliphatic carbocycles. The topological polar surface area (TPSA) is 71.8 Å². The van der Waals surface area contributed by atoms with Gasteiger partial charge >= 0.3 is 5.63 Å². The van der Waals surface area contributed by atoms with E-state index in [1.54, 1.807) is 0 Å². The van der Waals surface area contributed by atoms with Crippen molar-refractivity contribution in [2.75, 3.05) is 26.2 Å². The molecule has 1 aromatic carbocycles. The highest BCUT2D eigenvalue weighted by molar-refractivity contribution is 5.86. The number of ether oxygens (including phenoxy) is 1. The van der Waals surface area contributed by atoms with E-state index in [0.717, 1.165) is 47.9 Å². The molecule has 0 spiro atoms. The maximum absolute atomic E-state index is 12.5. The smallest absolute Gasteiger partial charge is 0.339 e. The predicted molar refractivity (Wildman–Crippen MR) is 120 cm³/mol. The van der Waals surface area contributed by atoms with Crippen molar-refractivity contribution in [3.63, 3.8) is 0 Å². The summed E-state index contributed by atoms with van der Waals surface area (Å²) in [5.41, 5.74) is 3.06. The average Bonchev–Trinajstić information content (AvgIpc) is 3.29. The Labute approximate surface area is 182 Å². The maximum Gasteiger partial charge on any atom is 0.339 e. The highest BCUT2D eigenvalue weighted by Gasteiger charge is 2.33. The van der Waals surface area contributed by atoms with Gasteiger partial charge in [-0.2, -0.15) is 0 Å². The van der Waals surface area contributed by atoms with Crippen LogP contribution in [0.3, 0.4) is 0 Å². The minimum absolute atomic E-state index is 0.0252. The fourth-order valence-corrected chi connectivity index (χ4v) is 5.87. The molecule has 2 atom stereocenters. The second kappa shape index (κ2) is 8.65. The Bertz CT molecular complexity index is 1040. The first-order valence-corrected chi connectivity index (χ1v) is 11.8. The fraction of sp³-hybridized carbons (Fsp3) is 0.600. The Morgan fingerprint density at radius 1 is 1.13 bits per heavy atom. The van der Waals surface area contributed by atoms with Crippen molar-refractivity contribution in [1.29, 1.82) is 0 Å². The predicted octanol–water partition coefficient (Wildman–Crippen LogP) is 3.35. The van der Waals surface area contributed by atoms with E-state index >= 15 is 0 Å². The highest BCUT2D eigenvalue weighted by atomic mass is 16.5. The first-order valence-electron chi connectivity index (χ1n) is 11.8. The maximum atomic E-state index is 12.5. The molecule has 0 radical (unpaired) electrons. The summed E-state index contributed by atoms with van der Waals surface area (Å²) >= 11 is 0. The first kappa shape index (κ1) is 20.6. The second-order valence-electron chi connectivity index (χ2n) is 9.36. The zero-order chi connectivity index (χ0) is 21.4. The summed E-state index contributed by atoms with van der Waals surface area (Å²) in [6.07, 6.45) is 8.98. The van der Waals surface area contributed by atoms with E-state index in [1.165, 1.54) is 45.2 Å². The molecule has 3 heterocycles. The largest absolute Gasteiger partial charge is 0.483 e. The molecular formula is C25H32N2O4. The molecule has 0 unspecified atom stereocenters. The number of nitrogens with zero attached hydrogens (tertiary/aromatic N) is 1. The Kier molecular flexibility index (Phi) is 5.74. The van der Waals surface area contributed by atoms with Crippen LogP contribution >= 0.6 is 0 Å². The van der Waals surface area contributed by atoms with Crippen LogP contribution in [0, 0.1) is 12.8 Å². The number of benzene rings is 1. The standard InChI is InChI=1S/C25H32N2O4/c1-16-22(11-10-19-18-7-4-8-20(18)25(29)31-24(16)19)30-15-23(28)26-14-17-6-5-13-27-12-3-2-9-21(17)27/h10-11,17,21H,2-9,12-15H2,1H3,(H,26,28)/t17-,21+/m0/s1. The van der Waals surface area contributed by atoms with Crippen molar-refractivity contribution >= 4 is 16.9 Å². The summed E-state index contributed by atoms with van der Waals surface area (Å²) in [5.74, 6) is 1.04. The van der Waals surface area contributed by atoms with Crippen LogP contribution in [0.25, 0.3) is 11.0 Å². The summed E-state index contributed by atoms with van der Waals surface area (Å²) in [5, 5.41) is 4.09. The summed E-state index contributed by atoms with van der Waals surface area (Å²) in [6, 6.07) is 4.48. The first-order chi connectivity index (χ1) is 15.1. The third-order valence-electron chi connectivity index (χ3n) is 7.49. The molecule has 2 saturated heterocycles. The summed E-state index contributed by atoms with van der Waals surface area (Å²) in [7, 11) is 0. The molecule has 1 N–H and O–H groups in total. The Hall–Kier alpha value is -2.34. The number of carbonyl (C=O) groups is 1. The van der Waals surface area contributed by atoms with Gasteiger partial charge in [-0.15, -0.1) is 0 Å². The monoisotopic (exact) mass is 424 g/mol. The fourth-order valence-electron chi connectivity index (χ4n) is 5.87. The van der Waals surface area contributed by atoms with Crippen molar-refractivity contribution in [3.05, 3.63) is 39.2 Å². The molecule has 2 fully saturated rings. The molecule has 5 rings (SSSR count). The Balaban J connectivity index is 1.22. The van der Waals surface area contributed by atoms with Gasteiger partial charge in [0.2, 0.25) is 0 Å². The molecule has 31 heavy (non-hydrogen) atoms. The molecule has 1 aromatic heterocycles. The Morgan fingerprint density at radius 2 is 1.97 bits per heavy atom. The van der Waals surface area contributed by atoms with Gasteiger partial charge in [0.1, 0.15) is 11.3 Å². The van der Waals surface area contributed by atoms with Gasteiger partial charge in [0.25, 0.3) is 5.91 Å². The zero-order valence-electron chi connectivity index (χ0n) is 18.4. The summed E-state index contributed by atoms with van der Waals surface area (Å²) < 4.78 is 11.4. The van der Waals surface area contributed by atoms with Crippen molar-refractivity contribution in [2.45, 2.75) is 64.3 Å². The summed E-state index contributed by atoms with van der Waals surface area (Å²) in [6.45, 7) is 5.00. The SMILES string of the molecule is Cc1c(OCC(=O)NC[C@@H]2CCCN3CCCC[C@H]23)ccc2c3c(c(=O)oc12)CCC3. The quantitative estimate of drug-likeness (QED) is 0.746. The van der Waals surface area contributed by atoms with E-state index < -0.39 is 0 Å². The number of amides is 1. The van der Waals surface area contributed by atoms with Crippen molar-refractivity contribution in [1.82, 2.24) is 10.2 Å². The van der Waals surface area contributed by atoms with E-state index in [9.17, 15) is 9.59 Å². The van der Waals surface area contributed by atoms with Crippen LogP contribution in [-0.4, -0.2) is 43.1 Å². The molecule has 0 saturated carbocycles. The van der Waals surface area contributed by atoms with Gasteiger partial charge in [-0.3, -0.25) is 4.79 Å². The zero-order valence-corrected chi connectivity index (χ0v) is 18.4. The number of hydrogen-bond acceptors (Lipinski definition) is 5. The van der Waals surface area contributed by atoms with Crippen molar-refractivity contribution in [3.8, 4) is 5.75 Å². The van der Waals surface area contributed by atoms with Crippen LogP contribution in [-0.2, 0) is 17.6 Å². The number of nitrogens with one attached hydrogen (secondary N) is 1. The Morgan fingerprint density at radius 3 is 2.87 bits per heavy atom. The van der Waals surface area contributed by atoms with Crippen molar-refractivity contribution < 1.29 is 13.9 Å². The van der Waals surface area contributed by atoms with Crippen LogP contribution in [0.1, 0.15) is 55.2 Å². The molecule has 6 heteroatoms. The average molecular weight is 425 g/mol. The van der Waals surface area contributed by atoms with E-state index in [0.29, 0.717) is 23.3 Å². The number of hydrogen-bond donors (Lipinski definition) is 1. The molecule has 166 valence electrons. The van der Waals surface area contributed by atoms with Gasteiger partial charge in [0.15, 0.2) is 6.61 Å². The van der Waals surface area contributed by atoms with E-state index in [4.69, 9.17) is 9.15 Å². The van der Waals surface area contributed by atoms with Gasteiger partial charge in [-0.05, 0) is 88.6 Å². The van der Waals surface area contributed by atoms with Gasteiger partial charge in [-0.25, -0.2) is 4.79 Å². The molecule has 6 nitrogen and oxygen atoms in total. The van der Waals surface area contributed by atoms with Crippen LogP contribution in [0.5, 0.6) is 5.75 Å². The second-order valence-corrected chi connectivity index (χ2v) is 9.36. The molecule has 2 aliphatic heterocycles. The lowest BCUT2D eigenvalue weighted by Gasteiger charge is -2.44. The van der Waals surface area contributed by atoms with Gasteiger partial charge < -0.3 is 19.4 Å². The lowest BCUT2D eigenvalue weighted by atomic mass is 9.83. The summed E-state index contributed by atoms with van der Waals surface area (Å²) in [4.78, 5) is 27.4.